The number of nitrogens with two attached hydrogens (primary N) is 1. The first-order chi connectivity index (χ1) is 5.57. The number of carboxylic acid groups (broad SMARTS) is 1. The van der Waals surface area contributed by atoms with E-state index >= 15 is 0 Å². The van der Waals surface area contributed by atoms with E-state index in [4.69, 9.17) is 20.7 Å². The maximum absolute atomic E-state index is 10.4. The smallest absolute Gasteiger partial charge is 0.334 e. The number of rotatable bonds is 2. The third-order valence-corrected chi connectivity index (χ3v) is 1.87. The number of carboxylic acids is 1. The molecule has 0 aliphatic carbocycles. The third-order valence-electron chi connectivity index (χ3n) is 1.87. The van der Waals surface area contributed by atoms with Crippen molar-refractivity contribution in [1.82, 2.24) is 0 Å². The monoisotopic (exact) mass is 177 g/mol. The maximum atomic E-state index is 10.4. The summed E-state index contributed by atoms with van der Waals surface area (Å²) in [6, 6.07) is -0.973. The summed E-state index contributed by atoms with van der Waals surface area (Å²) in [7, 11) is 0. The van der Waals surface area contributed by atoms with Crippen LogP contribution >= 0.6 is 0 Å². The van der Waals surface area contributed by atoms with Crippen LogP contribution in [-0.2, 0) is 9.53 Å². The number of hydrogen-bond acceptors (Lipinski definition) is 5. The first-order valence-corrected chi connectivity index (χ1v) is 3.50. The molecule has 0 spiro atoms. The molecule has 1 aliphatic heterocycles. The first kappa shape index (κ1) is 9.40. The van der Waals surface area contributed by atoms with Crippen LogP contribution < -0.4 is 5.73 Å². The Morgan fingerprint density at radius 2 is 2.17 bits per heavy atom. The Labute approximate surface area is 68.6 Å². The van der Waals surface area contributed by atoms with Crippen LogP contribution in [0.5, 0.6) is 0 Å². The molecule has 1 aliphatic rings. The first-order valence-electron chi connectivity index (χ1n) is 3.50. The van der Waals surface area contributed by atoms with E-state index in [2.05, 4.69) is 0 Å². The Balaban J connectivity index is 2.66. The molecule has 0 radical (unpaired) electrons. The lowest BCUT2D eigenvalue weighted by Crippen LogP contribution is -2.43. The number of carbonyl (C=O) groups is 1. The van der Waals surface area contributed by atoms with Crippen molar-refractivity contribution in [2.45, 2.75) is 24.4 Å². The molecular weight excluding hydrogens is 166 g/mol. The van der Waals surface area contributed by atoms with Gasteiger partial charge in [-0.05, 0) is 0 Å². The van der Waals surface area contributed by atoms with Crippen LogP contribution in [0.2, 0.25) is 0 Å². The Kier molecular flexibility index (Phi) is 2.63. The number of ether oxygens (including phenoxy) is 1. The predicted octanol–water partition coefficient (Wildman–Crippen LogP) is -2.48. The summed E-state index contributed by atoms with van der Waals surface area (Å²) in [6.07, 6.45) is -3.23. The summed E-state index contributed by atoms with van der Waals surface area (Å²) in [5.74, 6) is -1.22. The van der Waals surface area contributed by atoms with Gasteiger partial charge in [0, 0.05) is 0 Å². The van der Waals surface area contributed by atoms with Crippen molar-refractivity contribution in [1.29, 1.82) is 0 Å². The number of hydrogen-bond donors (Lipinski definition) is 4. The molecule has 1 fully saturated rings. The van der Waals surface area contributed by atoms with Crippen LogP contribution in [0.1, 0.15) is 0 Å². The fraction of sp³-hybridized carbons (Fsp3) is 0.833. The summed E-state index contributed by atoms with van der Waals surface area (Å²) in [5.41, 5.74) is 5.32. The molecule has 1 rings (SSSR count). The molecule has 70 valence electrons. The van der Waals surface area contributed by atoms with Gasteiger partial charge < -0.3 is 25.8 Å². The largest absolute Gasteiger partial charge is 0.479 e. The number of aliphatic carboxylic acids is 1. The molecule has 1 saturated heterocycles. The second kappa shape index (κ2) is 3.36. The van der Waals surface area contributed by atoms with Crippen molar-refractivity contribution in [3.05, 3.63) is 0 Å². The summed E-state index contributed by atoms with van der Waals surface area (Å²) in [6.45, 7) is -0.432. The average Bonchev–Trinajstić information content (AvgIpc) is 2.30. The van der Waals surface area contributed by atoms with Gasteiger partial charge in [0.2, 0.25) is 0 Å². The predicted molar refractivity (Wildman–Crippen MR) is 37.4 cm³/mol. The topological polar surface area (TPSA) is 113 Å². The molecule has 6 nitrogen and oxygen atoms in total. The fourth-order valence-electron chi connectivity index (χ4n) is 1.16. The van der Waals surface area contributed by atoms with Gasteiger partial charge in [-0.1, -0.05) is 0 Å². The summed E-state index contributed by atoms with van der Waals surface area (Å²) >= 11 is 0. The van der Waals surface area contributed by atoms with Crippen molar-refractivity contribution < 1.29 is 24.9 Å². The van der Waals surface area contributed by atoms with Crippen molar-refractivity contribution in [3.63, 3.8) is 0 Å². The highest BCUT2D eigenvalue weighted by atomic mass is 16.6. The van der Waals surface area contributed by atoms with Gasteiger partial charge in [-0.3, -0.25) is 0 Å². The lowest BCUT2D eigenvalue weighted by Gasteiger charge is -2.11. The van der Waals surface area contributed by atoms with Gasteiger partial charge in [-0.25, -0.2) is 4.79 Å². The number of aliphatic hydroxyl groups excluding tert-OH is 2. The summed E-state index contributed by atoms with van der Waals surface area (Å²) in [5, 5.41) is 26.3. The highest BCUT2D eigenvalue weighted by molar-refractivity contribution is 5.74. The van der Waals surface area contributed by atoms with Gasteiger partial charge in [0.15, 0.2) is 6.10 Å². The second-order valence-corrected chi connectivity index (χ2v) is 2.68. The molecule has 6 heteroatoms. The Morgan fingerprint density at radius 1 is 1.58 bits per heavy atom. The average molecular weight is 177 g/mol. The molecule has 4 atom stereocenters. The maximum Gasteiger partial charge on any atom is 0.334 e. The molecule has 0 aromatic rings. The minimum atomic E-state index is -1.22. The molecule has 1 heterocycles. The summed E-state index contributed by atoms with van der Waals surface area (Å²) in [4.78, 5) is 10.4. The van der Waals surface area contributed by atoms with E-state index in [1.165, 1.54) is 0 Å². The van der Waals surface area contributed by atoms with Crippen LogP contribution in [0.25, 0.3) is 0 Å². The van der Waals surface area contributed by atoms with Gasteiger partial charge in [0.1, 0.15) is 12.2 Å². The van der Waals surface area contributed by atoms with Gasteiger partial charge >= 0.3 is 5.97 Å². The van der Waals surface area contributed by atoms with E-state index in [1.807, 2.05) is 0 Å². The van der Waals surface area contributed by atoms with Gasteiger partial charge in [0.25, 0.3) is 0 Å². The minimum absolute atomic E-state index is 0.432. The van der Waals surface area contributed by atoms with Gasteiger partial charge in [0.05, 0.1) is 12.6 Å². The molecule has 0 saturated carbocycles. The van der Waals surface area contributed by atoms with Crippen molar-refractivity contribution in [2.75, 3.05) is 6.61 Å². The molecule has 0 unspecified atom stereocenters. The lowest BCUT2D eigenvalue weighted by molar-refractivity contribution is -0.150. The minimum Gasteiger partial charge on any atom is -0.479 e. The molecule has 12 heavy (non-hydrogen) atoms. The zero-order chi connectivity index (χ0) is 9.30. The van der Waals surface area contributed by atoms with Crippen molar-refractivity contribution >= 4 is 5.97 Å². The molecular formula is C6H11NO5. The van der Waals surface area contributed by atoms with E-state index in [9.17, 15) is 9.90 Å². The molecule has 0 amide bonds. The number of aliphatic hydroxyl groups is 2. The lowest BCUT2D eigenvalue weighted by atomic mass is 10.1. The van der Waals surface area contributed by atoms with E-state index in [0.717, 1.165) is 0 Å². The van der Waals surface area contributed by atoms with Gasteiger partial charge in [-0.15, -0.1) is 0 Å². The normalized spacial score (nSPS) is 41.6. The van der Waals surface area contributed by atoms with Crippen molar-refractivity contribution in [3.8, 4) is 0 Å². The van der Waals surface area contributed by atoms with Crippen LogP contribution in [0.3, 0.4) is 0 Å². The summed E-state index contributed by atoms with van der Waals surface area (Å²) < 4.78 is 4.77. The van der Waals surface area contributed by atoms with Crippen LogP contribution in [-0.4, -0.2) is 52.2 Å². The van der Waals surface area contributed by atoms with E-state index in [1.54, 1.807) is 0 Å². The van der Waals surface area contributed by atoms with Crippen LogP contribution in [0.15, 0.2) is 0 Å². The van der Waals surface area contributed by atoms with E-state index in [-0.39, 0.29) is 0 Å². The molecule has 0 bridgehead atoms. The van der Waals surface area contributed by atoms with Crippen molar-refractivity contribution in [2.24, 2.45) is 5.73 Å². The quantitative estimate of drug-likeness (QED) is 0.371. The second-order valence-electron chi connectivity index (χ2n) is 2.68. The van der Waals surface area contributed by atoms with Crippen LogP contribution in [0.4, 0.5) is 0 Å². The zero-order valence-corrected chi connectivity index (χ0v) is 6.25. The fourth-order valence-corrected chi connectivity index (χ4v) is 1.16. The SMILES string of the molecule is N[C@H]1[C@@H](O)[C@H](CO)O[C@@H]1C(=O)O. The molecule has 0 aromatic carbocycles. The Morgan fingerprint density at radius 3 is 2.42 bits per heavy atom. The molecule has 5 N–H and O–H groups in total. The Bertz CT molecular complexity index is 185. The third kappa shape index (κ3) is 1.42. The highest BCUT2D eigenvalue weighted by Crippen LogP contribution is 2.19. The highest BCUT2D eigenvalue weighted by Gasteiger charge is 2.44. The zero-order valence-electron chi connectivity index (χ0n) is 6.25. The van der Waals surface area contributed by atoms with Gasteiger partial charge in [-0.2, -0.15) is 0 Å². The molecule has 0 aromatic heterocycles. The van der Waals surface area contributed by atoms with E-state index in [0.29, 0.717) is 0 Å². The van der Waals surface area contributed by atoms with Crippen LogP contribution in [0, 0.1) is 0 Å². The Hall–Kier alpha value is -0.690. The standard InChI is InChI=1S/C6H11NO5/c7-3-4(9)2(1-8)12-5(3)6(10)11/h2-5,8-9H,1,7H2,(H,10,11)/t2-,3-,4-,5-/m0/s1. The van der Waals surface area contributed by atoms with E-state index < -0.39 is 36.9 Å².